The third kappa shape index (κ3) is 2.80. The van der Waals surface area contributed by atoms with Crippen molar-refractivity contribution >= 4 is 11.9 Å². The second-order valence-electron chi connectivity index (χ2n) is 5.56. The number of ether oxygens (including phenoxy) is 2. The quantitative estimate of drug-likeness (QED) is 0.796. The minimum absolute atomic E-state index is 0.0323. The summed E-state index contributed by atoms with van der Waals surface area (Å²) < 4.78 is 26.0. The van der Waals surface area contributed by atoms with Gasteiger partial charge in [0.25, 0.3) is 5.91 Å². The largest absolute Gasteiger partial charge is 0.454 e. The van der Waals surface area contributed by atoms with Crippen LogP contribution in [0.1, 0.15) is 10.4 Å². The van der Waals surface area contributed by atoms with Crippen molar-refractivity contribution in [1.29, 1.82) is 0 Å². The third-order valence-electron chi connectivity index (χ3n) is 3.89. The summed E-state index contributed by atoms with van der Waals surface area (Å²) in [4.78, 5) is 16.7. The average molecular weight is 339 g/mol. The van der Waals surface area contributed by atoms with E-state index in [9.17, 15) is 9.18 Å². The Morgan fingerprint density at radius 3 is 2.84 bits per heavy atom. The summed E-state index contributed by atoms with van der Waals surface area (Å²) in [7, 11) is 1.75. The molecule has 126 valence electrons. The molecule has 0 bridgehead atoms. The van der Waals surface area contributed by atoms with Gasteiger partial charge in [0.2, 0.25) is 12.7 Å². The zero-order valence-corrected chi connectivity index (χ0v) is 13.3. The number of amides is 1. The second-order valence-corrected chi connectivity index (χ2v) is 5.56. The highest BCUT2D eigenvalue weighted by atomic mass is 19.1. The number of imidazole rings is 1. The lowest BCUT2D eigenvalue weighted by molar-refractivity contribution is 0.102. The van der Waals surface area contributed by atoms with Gasteiger partial charge in [0.1, 0.15) is 5.82 Å². The molecule has 1 aliphatic rings. The van der Waals surface area contributed by atoms with E-state index in [1.54, 1.807) is 23.9 Å². The molecule has 0 aliphatic carbocycles. The number of rotatable bonds is 3. The molecule has 2 heterocycles. The van der Waals surface area contributed by atoms with Gasteiger partial charge in [-0.25, -0.2) is 9.37 Å². The normalized spacial score (nSPS) is 12.2. The molecule has 7 heteroatoms. The molecule has 4 rings (SSSR count). The van der Waals surface area contributed by atoms with E-state index in [2.05, 4.69) is 10.3 Å². The van der Waals surface area contributed by atoms with Gasteiger partial charge in [-0.1, -0.05) is 12.1 Å². The Kier molecular flexibility index (Phi) is 3.61. The molecule has 1 N–H and O–H groups in total. The Morgan fingerprint density at radius 2 is 2.00 bits per heavy atom. The van der Waals surface area contributed by atoms with Gasteiger partial charge in [-0.15, -0.1) is 0 Å². The van der Waals surface area contributed by atoms with Gasteiger partial charge in [-0.2, -0.15) is 0 Å². The van der Waals surface area contributed by atoms with E-state index >= 15 is 0 Å². The summed E-state index contributed by atoms with van der Waals surface area (Å²) >= 11 is 0. The molecule has 1 amide bonds. The molecular formula is C18H14FN3O3. The highest BCUT2D eigenvalue weighted by Gasteiger charge is 2.17. The lowest BCUT2D eigenvalue weighted by Gasteiger charge is -2.05. The molecule has 0 unspecified atom stereocenters. The first-order chi connectivity index (χ1) is 12.1. The van der Waals surface area contributed by atoms with Gasteiger partial charge in [-0.05, 0) is 30.3 Å². The van der Waals surface area contributed by atoms with Crippen LogP contribution in [0.15, 0.2) is 48.7 Å². The number of aryl methyl sites for hydroxylation is 1. The monoisotopic (exact) mass is 339 g/mol. The van der Waals surface area contributed by atoms with Crippen LogP contribution in [-0.4, -0.2) is 22.3 Å². The van der Waals surface area contributed by atoms with E-state index in [-0.39, 0.29) is 12.4 Å². The summed E-state index contributed by atoms with van der Waals surface area (Å²) in [6.45, 7) is 0.199. The molecule has 1 aliphatic heterocycles. The highest BCUT2D eigenvalue weighted by Crippen LogP contribution is 2.35. The lowest BCUT2D eigenvalue weighted by atomic mass is 10.1. The molecular weight excluding hydrogens is 325 g/mol. The van der Waals surface area contributed by atoms with E-state index in [1.807, 2.05) is 18.2 Å². The van der Waals surface area contributed by atoms with Crippen molar-refractivity contribution in [2.75, 3.05) is 12.1 Å². The number of carbonyl (C=O) groups excluding carboxylic acids is 1. The number of benzene rings is 2. The zero-order valence-electron chi connectivity index (χ0n) is 13.3. The molecule has 0 saturated heterocycles. The maximum absolute atomic E-state index is 13.7. The summed E-state index contributed by atoms with van der Waals surface area (Å²) in [5.74, 6) is 0.531. The Hall–Kier alpha value is -3.35. The molecule has 0 spiro atoms. The van der Waals surface area contributed by atoms with Gasteiger partial charge in [0, 0.05) is 18.8 Å². The second kappa shape index (κ2) is 5.94. The van der Waals surface area contributed by atoms with Gasteiger partial charge in [0.15, 0.2) is 11.5 Å². The van der Waals surface area contributed by atoms with E-state index in [1.165, 1.54) is 18.2 Å². The van der Waals surface area contributed by atoms with E-state index in [4.69, 9.17) is 9.47 Å². The number of anilines is 1. The molecule has 2 aromatic carbocycles. The van der Waals surface area contributed by atoms with Crippen LogP contribution >= 0.6 is 0 Å². The van der Waals surface area contributed by atoms with Gasteiger partial charge >= 0.3 is 0 Å². The smallest absolute Gasteiger partial charge is 0.260 e. The van der Waals surface area contributed by atoms with Gasteiger partial charge in [-0.3, -0.25) is 10.1 Å². The molecule has 0 fully saturated rings. The summed E-state index contributed by atoms with van der Waals surface area (Å²) in [5, 5.41) is 2.63. The first-order valence-electron chi connectivity index (χ1n) is 7.61. The SMILES string of the molecule is Cn1cc(-c2ccc3c(c2)OCO3)nc1NC(=O)c1ccccc1F. The maximum Gasteiger partial charge on any atom is 0.260 e. The van der Waals surface area contributed by atoms with Crippen LogP contribution < -0.4 is 14.8 Å². The van der Waals surface area contributed by atoms with Crippen LogP contribution in [0, 0.1) is 5.82 Å². The molecule has 0 radical (unpaired) electrons. The number of hydrogen-bond acceptors (Lipinski definition) is 4. The van der Waals surface area contributed by atoms with Crippen molar-refractivity contribution in [1.82, 2.24) is 9.55 Å². The predicted octanol–water partition coefficient (Wildman–Crippen LogP) is 3.21. The minimum Gasteiger partial charge on any atom is -0.454 e. The molecule has 25 heavy (non-hydrogen) atoms. The van der Waals surface area contributed by atoms with Crippen molar-refractivity contribution < 1.29 is 18.7 Å². The van der Waals surface area contributed by atoms with Crippen LogP contribution in [0.3, 0.4) is 0 Å². The van der Waals surface area contributed by atoms with Crippen LogP contribution in [0.4, 0.5) is 10.3 Å². The summed E-state index contributed by atoms with van der Waals surface area (Å²) in [5.41, 5.74) is 1.45. The zero-order chi connectivity index (χ0) is 17.4. The number of carbonyl (C=O) groups is 1. The van der Waals surface area contributed by atoms with Crippen LogP contribution in [0.5, 0.6) is 11.5 Å². The molecule has 0 atom stereocenters. The number of aromatic nitrogens is 2. The van der Waals surface area contributed by atoms with Crippen LogP contribution in [-0.2, 0) is 7.05 Å². The average Bonchev–Trinajstić information content (AvgIpc) is 3.21. The first-order valence-corrected chi connectivity index (χ1v) is 7.61. The van der Waals surface area contributed by atoms with Crippen molar-refractivity contribution in [2.24, 2.45) is 7.05 Å². The topological polar surface area (TPSA) is 65.4 Å². The fourth-order valence-electron chi connectivity index (χ4n) is 2.59. The Bertz CT molecular complexity index is 968. The fraction of sp³-hybridized carbons (Fsp3) is 0.111. The van der Waals surface area contributed by atoms with E-state index < -0.39 is 11.7 Å². The summed E-state index contributed by atoms with van der Waals surface area (Å²) in [6, 6.07) is 11.3. The Morgan fingerprint density at radius 1 is 1.20 bits per heavy atom. The van der Waals surface area contributed by atoms with Crippen molar-refractivity contribution in [3.05, 3.63) is 60.0 Å². The van der Waals surface area contributed by atoms with Crippen LogP contribution in [0.25, 0.3) is 11.3 Å². The predicted molar refractivity (Wildman–Crippen MR) is 89.1 cm³/mol. The van der Waals surface area contributed by atoms with Gasteiger partial charge in [0.05, 0.1) is 11.3 Å². The molecule has 6 nitrogen and oxygen atoms in total. The molecule has 0 saturated carbocycles. The molecule has 1 aromatic heterocycles. The third-order valence-corrected chi connectivity index (χ3v) is 3.89. The van der Waals surface area contributed by atoms with E-state index in [0.29, 0.717) is 23.1 Å². The summed E-state index contributed by atoms with van der Waals surface area (Å²) in [6.07, 6.45) is 1.77. The van der Waals surface area contributed by atoms with Gasteiger partial charge < -0.3 is 14.0 Å². The number of nitrogens with zero attached hydrogens (tertiary/aromatic N) is 2. The van der Waals surface area contributed by atoms with Crippen molar-refractivity contribution in [3.8, 4) is 22.8 Å². The lowest BCUT2D eigenvalue weighted by Crippen LogP contribution is -2.16. The number of fused-ring (bicyclic) bond motifs is 1. The van der Waals surface area contributed by atoms with Crippen molar-refractivity contribution in [3.63, 3.8) is 0 Å². The van der Waals surface area contributed by atoms with Crippen molar-refractivity contribution in [2.45, 2.75) is 0 Å². The number of hydrogen-bond donors (Lipinski definition) is 1. The fourth-order valence-corrected chi connectivity index (χ4v) is 2.59. The van der Waals surface area contributed by atoms with Crippen LogP contribution in [0.2, 0.25) is 0 Å². The Balaban J connectivity index is 1.60. The minimum atomic E-state index is -0.579. The Labute approximate surface area is 142 Å². The number of nitrogens with one attached hydrogen (secondary N) is 1. The first kappa shape index (κ1) is 15.2. The molecule has 3 aromatic rings. The highest BCUT2D eigenvalue weighted by molar-refractivity contribution is 6.03. The maximum atomic E-state index is 13.7. The van der Waals surface area contributed by atoms with E-state index in [0.717, 1.165) is 5.56 Å². The standard InChI is InChI=1S/C18H14FN3O3/c1-22-9-14(11-6-7-15-16(8-11)25-10-24-15)20-18(22)21-17(23)12-4-2-3-5-13(12)19/h2-9H,10H2,1H3,(H,20,21,23). The number of halogens is 1.